The van der Waals surface area contributed by atoms with Crippen LogP contribution in [0.2, 0.25) is 0 Å². The Labute approximate surface area is 104 Å². The van der Waals surface area contributed by atoms with Crippen molar-refractivity contribution >= 4 is 11.8 Å². The number of fused-ring (bicyclic) bond motifs is 1. The molecule has 0 bridgehead atoms. The molecule has 0 amide bonds. The molecule has 3 nitrogen and oxygen atoms in total. The van der Waals surface area contributed by atoms with Gasteiger partial charge in [-0.25, -0.2) is 0 Å². The van der Waals surface area contributed by atoms with Crippen LogP contribution in [0.25, 0.3) is 0 Å². The van der Waals surface area contributed by atoms with Crippen LogP contribution in [-0.2, 0) is 6.42 Å². The molecule has 0 spiro atoms. The maximum atomic E-state index is 6.26. The van der Waals surface area contributed by atoms with Crippen molar-refractivity contribution in [1.82, 2.24) is 9.97 Å². The summed E-state index contributed by atoms with van der Waals surface area (Å²) in [6.07, 6.45) is 6.14. The summed E-state index contributed by atoms with van der Waals surface area (Å²) in [6.45, 7) is 0. The SMILES string of the molecule is NC(c1cnccn1)C1Cc2ccccc2S1. The summed E-state index contributed by atoms with van der Waals surface area (Å²) >= 11 is 1.85. The first-order valence-electron chi connectivity index (χ1n) is 5.60. The van der Waals surface area contributed by atoms with Crippen LogP contribution in [0.5, 0.6) is 0 Å². The minimum Gasteiger partial charge on any atom is -0.322 e. The van der Waals surface area contributed by atoms with Gasteiger partial charge in [0, 0.05) is 22.5 Å². The smallest absolute Gasteiger partial charge is 0.0765 e. The van der Waals surface area contributed by atoms with E-state index >= 15 is 0 Å². The highest BCUT2D eigenvalue weighted by Crippen LogP contribution is 2.41. The van der Waals surface area contributed by atoms with Crippen molar-refractivity contribution in [2.75, 3.05) is 0 Å². The summed E-state index contributed by atoms with van der Waals surface area (Å²) in [5, 5.41) is 0.365. The molecule has 2 aromatic rings. The van der Waals surface area contributed by atoms with E-state index < -0.39 is 0 Å². The second-order valence-electron chi connectivity index (χ2n) is 4.12. The Morgan fingerprint density at radius 3 is 2.94 bits per heavy atom. The molecule has 1 aromatic carbocycles. The Balaban J connectivity index is 1.81. The van der Waals surface area contributed by atoms with Crippen molar-refractivity contribution in [3.05, 3.63) is 54.1 Å². The van der Waals surface area contributed by atoms with Crippen LogP contribution in [0.1, 0.15) is 17.3 Å². The molecule has 0 radical (unpaired) electrons. The van der Waals surface area contributed by atoms with Gasteiger partial charge in [0.1, 0.15) is 0 Å². The van der Waals surface area contributed by atoms with Crippen LogP contribution < -0.4 is 5.73 Å². The van der Waals surface area contributed by atoms with Gasteiger partial charge in [0.25, 0.3) is 0 Å². The van der Waals surface area contributed by atoms with Gasteiger partial charge < -0.3 is 5.73 Å². The maximum Gasteiger partial charge on any atom is 0.0765 e. The number of nitrogens with zero attached hydrogens (tertiary/aromatic N) is 2. The summed E-state index contributed by atoms with van der Waals surface area (Å²) in [4.78, 5) is 9.70. The number of thioether (sulfide) groups is 1. The highest BCUT2D eigenvalue weighted by Gasteiger charge is 2.28. The zero-order valence-corrected chi connectivity index (χ0v) is 10.1. The van der Waals surface area contributed by atoms with Gasteiger partial charge in [-0.3, -0.25) is 9.97 Å². The molecule has 0 aliphatic carbocycles. The van der Waals surface area contributed by atoms with Crippen LogP contribution in [0, 0.1) is 0 Å². The fourth-order valence-corrected chi connectivity index (χ4v) is 3.42. The Morgan fingerprint density at radius 1 is 1.29 bits per heavy atom. The third kappa shape index (κ3) is 2.06. The second-order valence-corrected chi connectivity index (χ2v) is 5.41. The third-order valence-electron chi connectivity index (χ3n) is 3.00. The number of hydrogen-bond donors (Lipinski definition) is 1. The minimum atomic E-state index is -0.0545. The van der Waals surface area contributed by atoms with Crippen LogP contribution in [0.4, 0.5) is 0 Å². The molecule has 2 N–H and O–H groups in total. The van der Waals surface area contributed by atoms with Crippen molar-refractivity contribution in [1.29, 1.82) is 0 Å². The summed E-state index contributed by atoms with van der Waals surface area (Å²) in [5.74, 6) is 0. The molecule has 3 rings (SSSR count). The molecule has 17 heavy (non-hydrogen) atoms. The molecular formula is C13H13N3S. The van der Waals surface area contributed by atoms with E-state index in [1.54, 1.807) is 18.6 Å². The van der Waals surface area contributed by atoms with Crippen molar-refractivity contribution < 1.29 is 0 Å². The first kappa shape index (κ1) is 10.7. The standard InChI is InChI=1S/C13H13N3S/c14-13(10-8-15-5-6-16-10)12-7-9-3-1-2-4-11(9)17-12/h1-6,8,12-13H,7,14H2. The molecule has 4 heteroatoms. The third-order valence-corrected chi connectivity index (χ3v) is 4.41. The molecule has 1 aliphatic rings. The monoisotopic (exact) mass is 243 g/mol. The lowest BCUT2D eigenvalue weighted by atomic mass is 10.0. The molecular weight excluding hydrogens is 230 g/mol. The van der Waals surface area contributed by atoms with Gasteiger partial charge in [0.2, 0.25) is 0 Å². The lowest BCUT2D eigenvalue weighted by molar-refractivity contribution is 0.654. The molecule has 0 saturated heterocycles. The Hall–Kier alpha value is -1.39. The van der Waals surface area contributed by atoms with Crippen LogP contribution >= 0.6 is 11.8 Å². The predicted molar refractivity (Wildman–Crippen MR) is 68.8 cm³/mol. The fraction of sp³-hybridized carbons (Fsp3) is 0.231. The van der Waals surface area contributed by atoms with Crippen molar-refractivity contribution in [2.45, 2.75) is 22.6 Å². The van der Waals surface area contributed by atoms with Gasteiger partial charge in [0.15, 0.2) is 0 Å². The number of benzene rings is 1. The van der Waals surface area contributed by atoms with E-state index in [2.05, 4.69) is 34.2 Å². The number of rotatable bonds is 2. The van der Waals surface area contributed by atoms with Crippen molar-refractivity contribution in [3.63, 3.8) is 0 Å². The first-order chi connectivity index (χ1) is 8.34. The molecule has 1 aliphatic heterocycles. The summed E-state index contributed by atoms with van der Waals surface area (Å²) < 4.78 is 0. The van der Waals surface area contributed by atoms with E-state index in [-0.39, 0.29) is 6.04 Å². The fourth-order valence-electron chi connectivity index (χ4n) is 2.08. The topological polar surface area (TPSA) is 51.8 Å². The number of nitrogens with two attached hydrogens (primary N) is 1. The lowest BCUT2D eigenvalue weighted by Gasteiger charge is -2.16. The molecule has 2 unspecified atom stereocenters. The quantitative estimate of drug-likeness (QED) is 0.878. The van der Waals surface area contributed by atoms with Crippen LogP contribution in [-0.4, -0.2) is 15.2 Å². The van der Waals surface area contributed by atoms with E-state index in [0.29, 0.717) is 5.25 Å². The minimum absolute atomic E-state index is 0.0545. The molecule has 0 saturated carbocycles. The summed E-state index contributed by atoms with van der Waals surface area (Å²) in [7, 11) is 0. The van der Waals surface area contributed by atoms with E-state index in [0.717, 1.165) is 12.1 Å². The lowest BCUT2D eigenvalue weighted by Crippen LogP contribution is -2.24. The summed E-state index contributed by atoms with van der Waals surface area (Å²) in [5.41, 5.74) is 8.52. The molecule has 0 fully saturated rings. The molecule has 2 atom stereocenters. The average Bonchev–Trinajstić information content (AvgIpc) is 2.82. The molecule has 2 heterocycles. The Morgan fingerprint density at radius 2 is 2.18 bits per heavy atom. The van der Waals surface area contributed by atoms with Gasteiger partial charge >= 0.3 is 0 Å². The van der Waals surface area contributed by atoms with Gasteiger partial charge in [0.05, 0.1) is 17.9 Å². The highest BCUT2D eigenvalue weighted by molar-refractivity contribution is 8.00. The van der Waals surface area contributed by atoms with Crippen LogP contribution in [0.15, 0.2) is 47.8 Å². The first-order valence-corrected chi connectivity index (χ1v) is 6.48. The van der Waals surface area contributed by atoms with Gasteiger partial charge in [-0.05, 0) is 18.1 Å². The Kier molecular flexibility index (Phi) is 2.82. The number of hydrogen-bond acceptors (Lipinski definition) is 4. The van der Waals surface area contributed by atoms with Gasteiger partial charge in [-0.15, -0.1) is 11.8 Å². The van der Waals surface area contributed by atoms with Gasteiger partial charge in [-0.2, -0.15) is 0 Å². The number of aromatic nitrogens is 2. The largest absolute Gasteiger partial charge is 0.322 e. The second kappa shape index (κ2) is 4.47. The average molecular weight is 243 g/mol. The van der Waals surface area contributed by atoms with Gasteiger partial charge in [-0.1, -0.05) is 18.2 Å². The van der Waals surface area contributed by atoms with E-state index in [1.165, 1.54) is 10.5 Å². The van der Waals surface area contributed by atoms with E-state index in [1.807, 2.05) is 11.8 Å². The zero-order chi connectivity index (χ0) is 11.7. The highest BCUT2D eigenvalue weighted by atomic mass is 32.2. The predicted octanol–water partition coefficient (Wildman–Crippen LogP) is 2.19. The molecule has 86 valence electrons. The van der Waals surface area contributed by atoms with Crippen molar-refractivity contribution in [3.8, 4) is 0 Å². The van der Waals surface area contributed by atoms with E-state index in [4.69, 9.17) is 5.73 Å². The molecule has 1 aromatic heterocycles. The van der Waals surface area contributed by atoms with Crippen molar-refractivity contribution in [2.24, 2.45) is 5.73 Å². The van der Waals surface area contributed by atoms with Crippen LogP contribution in [0.3, 0.4) is 0 Å². The Bertz CT molecular complexity index is 490. The maximum absolute atomic E-state index is 6.26. The summed E-state index contributed by atoms with van der Waals surface area (Å²) in [6, 6.07) is 8.42. The zero-order valence-electron chi connectivity index (χ0n) is 9.28. The normalized spacial score (nSPS) is 19.9. The van der Waals surface area contributed by atoms with E-state index in [9.17, 15) is 0 Å².